The van der Waals surface area contributed by atoms with Crippen LogP contribution in [0.3, 0.4) is 0 Å². The van der Waals surface area contributed by atoms with Crippen molar-refractivity contribution in [2.24, 2.45) is 5.92 Å². The number of fused-ring (bicyclic) bond motifs is 1. The molecule has 1 aliphatic heterocycles. The second kappa shape index (κ2) is 6.31. The molecule has 2 aromatic carbocycles. The number of thiophene rings is 1. The molecule has 0 fully saturated rings. The number of hydrogen-bond acceptors (Lipinski definition) is 2. The Kier molecular flexibility index (Phi) is 4.02. The third-order valence-corrected chi connectivity index (χ3v) is 5.63. The van der Waals surface area contributed by atoms with Gasteiger partial charge in [-0.15, -0.1) is 11.3 Å². The molecule has 1 atom stereocenters. The van der Waals surface area contributed by atoms with E-state index in [1.807, 2.05) is 11.3 Å². The molecule has 0 amide bonds. The maximum absolute atomic E-state index is 2.54. The molecule has 0 spiro atoms. The molecule has 1 unspecified atom stereocenters. The molecule has 116 valence electrons. The van der Waals surface area contributed by atoms with Crippen LogP contribution in [0.2, 0.25) is 0 Å². The zero-order valence-electron chi connectivity index (χ0n) is 13.4. The molecule has 3 aromatic rings. The normalized spacial score (nSPS) is 19.0. The highest BCUT2D eigenvalue weighted by molar-refractivity contribution is 7.17. The van der Waals surface area contributed by atoms with Gasteiger partial charge in [-0.05, 0) is 39.5 Å². The van der Waals surface area contributed by atoms with E-state index in [9.17, 15) is 0 Å². The fourth-order valence-electron chi connectivity index (χ4n) is 3.56. The average Bonchev–Trinajstić information content (AvgIpc) is 3.05. The van der Waals surface area contributed by atoms with Gasteiger partial charge in [0.05, 0.1) is 0 Å². The quantitative estimate of drug-likeness (QED) is 0.621. The minimum absolute atomic E-state index is 0.570. The predicted octanol–water partition coefficient (Wildman–Crippen LogP) is 5.44. The Morgan fingerprint density at radius 1 is 1.04 bits per heavy atom. The molecule has 0 N–H and O–H groups in total. The summed E-state index contributed by atoms with van der Waals surface area (Å²) < 4.78 is 1.43. The van der Waals surface area contributed by atoms with Gasteiger partial charge >= 0.3 is 0 Å². The van der Waals surface area contributed by atoms with E-state index in [0.29, 0.717) is 5.92 Å². The first-order valence-corrected chi connectivity index (χ1v) is 9.12. The topological polar surface area (TPSA) is 3.24 Å². The zero-order chi connectivity index (χ0) is 15.6. The van der Waals surface area contributed by atoms with Crippen molar-refractivity contribution in [2.45, 2.75) is 13.5 Å². The highest BCUT2D eigenvalue weighted by Gasteiger charge is 2.21. The summed E-state index contributed by atoms with van der Waals surface area (Å²) in [6, 6.07) is 19.7. The van der Waals surface area contributed by atoms with Gasteiger partial charge in [0.15, 0.2) is 0 Å². The Bertz CT molecular complexity index is 831. The molecule has 0 saturated heterocycles. The zero-order valence-corrected chi connectivity index (χ0v) is 14.2. The van der Waals surface area contributed by atoms with Crippen LogP contribution < -0.4 is 0 Å². The predicted molar refractivity (Wildman–Crippen MR) is 101 cm³/mol. The van der Waals surface area contributed by atoms with Gasteiger partial charge in [0.1, 0.15) is 0 Å². The van der Waals surface area contributed by atoms with Crippen molar-refractivity contribution in [1.82, 2.24) is 4.90 Å². The van der Waals surface area contributed by atoms with Gasteiger partial charge in [-0.25, -0.2) is 0 Å². The van der Waals surface area contributed by atoms with E-state index in [1.54, 1.807) is 0 Å². The Morgan fingerprint density at radius 3 is 2.74 bits per heavy atom. The molecular formula is C21H21NS. The monoisotopic (exact) mass is 319 g/mol. The number of hydrogen-bond donors (Lipinski definition) is 0. The second-order valence-corrected chi connectivity index (χ2v) is 7.30. The molecular weight excluding hydrogens is 298 g/mol. The fourth-order valence-corrected chi connectivity index (χ4v) is 4.49. The lowest BCUT2D eigenvalue weighted by Gasteiger charge is -2.31. The molecule has 4 rings (SSSR count). The van der Waals surface area contributed by atoms with Gasteiger partial charge < -0.3 is 0 Å². The minimum Gasteiger partial charge on any atom is -0.295 e. The van der Waals surface area contributed by atoms with Crippen LogP contribution in [-0.4, -0.2) is 18.0 Å². The Morgan fingerprint density at radius 2 is 1.91 bits per heavy atom. The summed E-state index contributed by atoms with van der Waals surface area (Å²) in [7, 11) is 0. The number of rotatable bonds is 3. The van der Waals surface area contributed by atoms with Crippen molar-refractivity contribution in [2.75, 3.05) is 13.1 Å². The van der Waals surface area contributed by atoms with Crippen molar-refractivity contribution >= 4 is 27.0 Å². The fraction of sp³-hybridized carbons (Fsp3) is 0.238. The number of nitrogens with zero attached hydrogens (tertiary/aromatic N) is 1. The Hall–Kier alpha value is -1.90. The van der Waals surface area contributed by atoms with E-state index >= 15 is 0 Å². The van der Waals surface area contributed by atoms with E-state index in [2.05, 4.69) is 77.9 Å². The molecule has 0 aliphatic carbocycles. The van der Waals surface area contributed by atoms with Crippen LogP contribution in [0.4, 0.5) is 0 Å². The highest BCUT2D eigenvalue weighted by atomic mass is 32.1. The van der Waals surface area contributed by atoms with Gasteiger partial charge in [-0.3, -0.25) is 4.90 Å². The van der Waals surface area contributed by atoms with Gasteiger partial charge in [0.25, 0.3) is 0 Å². The number of benzene rings is 2. The average molecular weight is 319 g/mol. The SMILES string of the molecule is CC1CN(Cc2ccccc2)CC=C1c1cccc2ccsc12. The third kappa shape index (κ3) is 2.97. The summed E-state index contributed by atoms with van der Waals surface area (Å²) in [5.74, 6) is 0.570. The van der Waals surface area contributed by atoms with Crippen LogP contribution in [0.1, 0.15) is 18.1 Å². The molecule has 1 aliphatic rings. The lowest BCUT2D eigenvalue weighted by molar-refractivity contribution is 0.264. The van der Waals surface area contributed by atoms with Crippen LogP contribution in [0.15, 0.2) is 66.1 Å². The summed E-state index contributed by atoms with van der Waals surface area (Å²) in [6.07, 6.45) is 2.44. The summed E-state index contributed by atoms with van der Waals surface area (Å²) in [6.45, 7) is 5.56. The first kappa shape index (κ1) is 14.7. The molecule has 23 heavy (non-hydrogen) atoms. The standard InChI is InChI=1S/C21H21NS/c1-16-14-22(15-17-6-3-2-4-7-17)12-10-19(16)20-9-5-8-18-11-13-23-21(18)20/h2-11,13,16H,12,14-15H2,1H3. The van der Waals surface area contributed by atoms with E-state index in [1.165, 1.54) is 26.8 Å². The van der Waals surface area contributed by atoms with Crippen LogP contribution >= 0.6 is 11.3 Å². The van der Waals surface area contributed by atoms with E-state index < -0.39 is 0 Å². The smallest absolute Gasteiger partial charge is 0.0417 e. The molecule has 0 radical (unpaired) electrons. The third-order valence-electron chi connectivity index (χ3n) is 4.67. The summed E-state index contributed by atoms with van der Waals surface area (Å²) in [4.78, 5) is 2.54. The highest BCUT2D eigenvalue weighted by Crippen LogP contribution is 2.35. The van der Waals surface area contributed by atoms with Crippen LogP contribution in [0, 0.1) is 5.92 Å². The van der Waals surface area contributed by atoms with Gasteiger partial charge in [0.2, 0.25) is 0 Å². The van der Waals surface area contributed by atoms with Crippen molar-refractivity contribution in [3.63, 3.8) is 0 Å². The minimum atomic E-state index is 0.570. The van der Waals surface area contributed by atoms with Gasteiger partial charge in [-0.2, -0.15) is 0 Å². The largest absolute Gasteiger partial charge is 0.295 e. The molecule has 0 saturated carbocycles. The maximum atomic E-state index is 2.54. The van der Waals surface area contributed by atoms with Crippen molar-refractivity contribution in [1.29, 1.82) is 0 Å². The van der Waals surface area contributed by atoms with Gasteiger partial charge in [-0.1, -0.05) is 61.5 Å². The summed E-state index contributed by atoms with van der Waals surface area (Å²) >= 11 is 1.86. The first-order chi connectivity index (χ1) is 11.3. The van der Waals surface area contributed by atoms with E-state index in [4.69, 9.17) is 0 Å². The molecule has 2 heterocycles. The van der Waals surface area contributed by atoms with Crippen molar-refractivity contribution < 1.29 is 0 Å². The van der Waals surface area contributed by atoms with Crippen molar-refractivity contribution in [3.8, 4) is 0 Å². The molecule has 1 aromatic heterocycles. The summed E-state index contributed by atoms with van der Waals surface area (Å²) in [5, 5.41) is 3.57. The van der Waals surface area contributed by atoms with E-state index in [-0.39, 0.29) is 0 Å². The Balaban J connectivity index is 1.58. The van der Waals surface area contributed by atoms with Crippen LogP contribution in [0.5, 0.6) is 0 Å². The lowest BCUT2D eigenvalue weighted by atomic mass is 9.90. The van der Waals surface area contributed by atoms with Crippen LogP contribution in [0.25, 0.3) is 15.7 Å². The Labute approximate surface area is 141 Å². The first-order valence-electron chi connectivity index (χ1n) is 8.24. The summed E-state index contributed by atoms with van der Waals surface area (Å²) in [5.41, 5.74) is 4.35. The van der Waals surface area contributed by atoms with Crippen molar-refractivity contribution in [3.05, 3.63) is 77.2 Å². The molecule has 1 nitrogen and oxygen atoms in total. The maximum Gasteiger partial charge on any atom is 0.0417 e. The van der Waals surface area contributed by atoms with Gasteiger partial charge in [0, 0.05) is 24.3 Å². The lowest BCUT2D eigenvalue weighted by Crippen LogP contribution is -2.32. The molecule has 2 heteroatoms. The van der Waals surface area contributed by atoms with Crippen LogP contribution in [-0.2, 0) is 6.54 Å². The van der Waals surface area contributed by atoms with E-state index in [0.717, 1.165) is 19.6 Å². The second-order valence-electron chi connectivity index (χ2n) is 6.38. The molecule has 0 bridgehead atoms.